The molecule has 27 heavy (non-hydrogen) atoms. The number of carbonyl (C=O) groups is 1. The Hall–Kier alpha value is -2.72. The Morgan fingerprint density at radius 2 is 1.93 bits per heavy atom. The molecule has 9 nitrogen and oxygen atoms in total. The summed E-state index contributed by atoms with van der Waals surface area (Å²) in [5, 5.41) is 2.61. The number of methoxy groups -OCH3 is 1. The summed E-state index contributed by atoms with van der Waals surface area (Å²) in [7, 11) is -2.16. The van der Waals surface area contributed by atoms with Gasteiger partial charge in [-0.05, 0) is 30.7 Å². The zero-order valence-electron chi connectivity index (χ0n) is 15.0. The predicted molar refractivity (Wildman–Crippen MR) is 97.1 cm³/mol. The monoisotopic (exact) mass is 392 g/mol. The number of ether oxygens (including phenoxy) is 2. The van der Waals surface area contributed by atoms with Crippen molar-refractivity contribution < 1.29 is 22.7 Å². The Morgan fingerprint density at radius 1 is 1.22 bits per heavy atom. The summed E-state index contributed by atoms with van der Waals surface area (Å²) < 4.78 is 37.7. The lowest BCUT2D eigenvalue weighted by atomic mass is 10.3. The first-order valence-electron chi connectivity index (χ1n) is 8.29. The fourth-order valence-corrected chi connectivity index (χ4v) is 4.22. The molecule has 0 aliphatic carbocycles. The quantitative estimate of drug-likeness (QED) is 0.788. The van der Waals surface area contributed by atoms with Gasteiger partial charge < -0.3 is 14.8 Å². The van der Waals surface area contributed by atoms with Crippen molar-refractivity contribution in [1.82, 2.24) is 14.3 Å². The molecular weight excluding hydrogens is 372 g/mol. The molecule has 1 amide bonds. The zero-order valence-corrected chi connectivity index (χ0v) is 15.8. The number of sulfonamides is 1. The lowest BCUT2D eigenvalue weighted by molar-refractivity contribution is -0.114. The second-order valence-corrected chi connectivity index (χ2v) is 7.93. The number of anilines is 1. The van der Waals surface area contributed by atoms with Crippen molar-refractivity contribution in [3.63, 3.8) is 0 Å². The molecule has 0 radical (unpaired) electrons. The van der Waals surface area contributed by atoms with Gasteiger partial charge >= 0.3 is 0 Å². The maximum atomic E-state index is 12.8. The summed E-state index contributed by atoms with van der Waals surface area (Å²) in [6.07, 6.45) is 3.14. The van der Waals surface area contributed by atoms with E-state index in [0.29, 0.717) is 30.4 Å². The molecule has 0 bridgehead atoms. The third kappa shape index (κ3) is 4.52. The molecule has 1 aliphatic heterocycles. The van der Waals surface area contributed by atoms with Crippen LogP contribution in [0.25, 0.3) is 0 Å². The number of nitrogens with zero attached hydrogens (tertiary/aromatic N) is 3. The van der Waals surface area contributed by atoms with Gasteiger partial charge in [-0.3, -0.25) is 9.78 Å². The molecule has 1 aromatic carbocycles. The first-order valence-corrected chi connectivity index (χ1v) is 9.73. The highest BCUT2D eigenvalue weighted by Crippen LogP contribution is 2.24. The van der Waals surface area contributed by atoms with E-state index >= 15 is 0 Å². The number of nitrogens with one attached hydrogen (secondary N) is 1. The molecule has 2 aromatic rings. The van der Waals surface area contributed by atoms with Gasteiger partial charge in [0, 0.05) is 19.2 Å². The maximum absolute atomic E-state index is 12.8. The van der Waals surface area contributed by atoms with Crippen molar-refractivity contribution in [2.24, 2.45) is 0 Å². The van der Waals surface area contributed by atoms with Gasteiger partial charge in [0.25, 0.3) is 0 Å². The smallest absolute Gasteiger partial charge is 0.243 e. The van der Waals surface area contributed by atoms with Gasteiger partial charge in [-0.2, -0.15) is 9.29 Å². The normalized spacial score (nSPS) is 17.5. The van der Waals surface area contributed by atoms with Crippen LogP contribution in [0.15, 0.2) is 41.6 Å². The van der Waals surface area contributed by atoms with E-state index < -0.39 is 10.0 Å². The van der Waals surface area contributed by atoms with Crippen molar-refractivity contribution in [3.8, 4) is 11.8 Å². The molecule has 0 saturated carbocycles. The number of carbonyl (C=O) groups excluding carboxylic acids is 1. The lowest BCUT2D eigenvalue weighted by Crippen LogP contribution is -2.31. The van der Waals surface area contributed by atoms with E-state index in [4.69, 9.17) is 9.47 Å². The SMILES string of the molecule is COc1cncc(OC2CCN(S(=O)(=O)c3ccc(NC(C)=O)cc3)C2)n1. The van der Waals surface area contributed by atoms with Crippen molar-refractivity contribution in [3.05, 3.63) is 36.7 Å². The average molecular weight is 392 g/mol. The van der Waals surface area contributed by atoms with Crippen molar-refractivity contribution in [2.45, 2.75) is 24.3 Å². The molecule has 1 aromatic heterocycles. The Bertz CT molecular complexity index is 917. The lowest BCUT2D eigenvalue weighted by Gasteiger charge is -2.17. The van der Waals surface area contributed by atoms with Crippen LogP contribution in [0.3, 0.4) is 0 Å². The van der Waals surface area contributed by atoms with Crippen LogP contribution in [-0.2, 0) is 14.8 Å². The highest BCUT2D eigenvalue weighted by atomic mass is 32.2. The van der Waals surface area contributed by atoms with Gasteiger partial charge in [-0.1, -0.05) is 0 Å². The summed E-state index contributed by atoms with van der Waals surface area (Å²) in [6, 6.07) is 6.07. The molecule has 1 atom stereocenters. The van der Waals surface area contributed by atoms with Gasteiger partial charge in [0.15, 0.2) is 0 Å². The van der Waals surface area contributed by atoms with Crippen LogP contribution in [0.2, 0.25) is 0 Å². The minimum Gasteiger partial charge on any atom is -0.480 e. The molecule has 1 fully saturated rings. The van der Waals surface area contributed by atoms with E-state index in [-0.39, 0.29) is 23.5 Å². The number of aromatic nitrogens is 2. The third-order valence-electron chi connectivity index (χ3n) is 4.01. The summed E-state index contributed by atoms with van der Waals surface area (Å²) in [4.78, 5) is 19.3. The molecular formula is C17H20N4O5S. The highest BCUT2D eigenvalue weighted by Gasteiger charge is 2.33. The van der Waals surface area contributed by atoms with Crippen LogP contribution < -0.4 is 14.8 Å². The van der Waals surface area contributed by atoms with Crippen LogP contribution in [0, 0.1) is 0 Å². The Morgan fingerprint density at radius 3 is 2.59 bits per heavy atom. The largest absolute Gasteiger partial charge is 0.480 e. The second-order valence-electron chi connectivity index (χ2n) is 6.00. The summed E-state index contributed by atoms with van der Waals surface area (Å²) in [5.74, 6) is 0.401. The van der Waals surface area contributed by atoms with Crippen LogP contribution in [0.1, 0.15) is 13.3 Å². The van der Waals surface area contributed by atoms with Gasteiger partial charge in [0.05, 0.1) is 30.9 Å². The number of hydrogen-bond acceptors (Lipinski definition) is 7. The number of benzene rings is 1. The van der Waals surface area contributed by atoms with Gasteiger partial charge in [0.2, 0.25) is 27.7 Å². The highest BCUT2D eigenvalue weighted by molar-refractivity contribution is 7.89. The first kappa shape index (κ1) is 19.1. The Kier molecular flexibility index (Phi) is 5.57. The van der Waals surface area contributed by atoms with E-state index in [0.717, 1.165) is 0 Å². The predicted octanol–water partition coefficient (Wildman–Crippen LogP) is 1.29. The third-order valence-corrected chi connectivity index (χ3v) is 5.89. The van der Waals surface area contributed by atoms with E-state index in [1.165, 1.54) is 42.9 Å². The van der Waals surface area contributed by atoms with Gasteiger partial charge in [-0.15, -0.1) is 0 Å². The maximum Gasteiger partial charge on any atom is 0.243 e. The first-order chi connectivity index (χ1) is 12.9. The van der Waals surface area contributed by atoms with Gasteiger partial charge in [0.1, 0.15) is 6.10 Å². The summed E-state index contributed by atoms with van der Waals surface area (Å²) >= 11 is 0. The van der Waals surface area contributed by atoms with Gasteiger partial charge in [-0.25, -0.2) is 8.42 Å². The van der Waals surface area contributed by atoms with E-state index in [1.807, 2.05) is 0 Å². The fourth-order valence-electron chi connectivity index (χ4n) is 2.73. The Labute approximate surface area is 157 Å². The van der Waals surface area contributed by atoms with E-state index in [2.05, 4.69) is 15.3 Å². The zero-order chi connectivity index (χ0) is 19.4. The molecule has 10 heteroatoms. The molecule has 1 aliphatic rings. The standard InChI is InChI=1S/C17H20N4O5S/c1-12(22)19-13-3-5-15(6-4-13)27(23,24)21-8-7-14(11-21)26-17-10-18-9-16(20-17)25-2/h3-6,9-10,14H,7-8,11H2,1-2H3,(H,19,22). The summed E-state index contributed by atoms with van der Waals surface area (Å²) in [6.45, 7) is 1.95. The van der Waals surface area contributed by atoms with Crippen LogP contribution in [-0.4, -0.2) is 54.9 Å². The van der Waals surface area contributed by atoms with Crippen molar-refractivity contribution >= 4 is 21.6 Å². The molecule has 3 rings (SSSR count). The van der Waals surface area contributed by atoms with E-state index in [1.54, 1.807) is 12.1 Å². The van der Waals surface area contributed by atoms with Crippen LogP contribution in [0.4, 0.5) is 5.69 Å². The summed E-state index contributed by atoms with van der Waals surface area (Å²) in [5.41, 5.74) is 0.542. The molecule has 1 N–H and O–H groups in total. The fraction of sp³-hybridized carbons (Fsp3) is 0.353. The minimum absolute atomic E-state index is 0.165. The van der Waals surface area contributed by atoms with Crippen molar-refractivity contribution in [1.29, 1.82) is 0 Å². The molecule has 1 saturated heterocycles. The van der Waals surface area contributed by atoms with Crippen LogP contribution >= 0.6 is 0 Å². The average Bonchev–Trinajstić information content (AvgIpc) is 3.11. The molecule has 1 unspecified atom stereocenters. The number of rotatable bonds is 6. The topological polar surface area (TPSA) is 111 Å². The molecule has 0 spiro atoms. The minimum atomic E-state index is -3.64. The number of amides is 1. The second kappa shape index (κ2) is 7.89. The molecule has 144 valence electrons. The van der Waals surface area contributed by atoms with Crippen molar-refractivity contribution in [2.75, 3.05) is 25.5 Å². The number of hydrogen-bond donors (Lipinski definition) is 1. The Balaban J connectivity index is 1.67. The molecule has 2 heterocycles. The van der Waals surface area contributed by atoms with Crippen LogP contribution in [0.5, 0.6) is 11.8 Å². The van der Waals surface area contributed by atoms with E-state index in [9.17, 15) is 13.2 Å².